The van der Waals surface area contributed by atoms with Crippen LogP contribution < -0.4 is 0 Å². The van der Waals surface area contributed by atoms with Crippen LogP contribution in [0.3, 0.4) is 0 Å². The number of amides is 1. The maximum Gasteiger partial charge on any atom is 0.417 e. The van der Waals surface area contributed by atoms with Crippen LogP contribution in [0.15, 0.2) is 48.9 Å². The maximum absolute atomic E-state index is 14.6. The summed E-state index contributed by atoms with van der Waals surface area (Å²) in [7, 11) is 0. The van der Waals surface area contributed by atoms with Crippen molar-refractivity contribution in [1.82, 2.24) is 24.9 Å². The molecular weight excluding hydrogens is 426 g/mol. The Morgan fingerprint density at radius 1 is 1.09 bits per heavy atom. The van der Waals surface area contributed by atoms with Gasteiger partial charge in [0, 0.05) is 24.0 Å². The van der Waals surface area contributed by atoms with Gasteiger partial charge in [-0.15, -0.1) is 4.80 Å². The minimum absolute atomic E-state index is 0.00801. The molecule has 3 aromatic rings. The molecule has 32 heavy (non-hydrogen) atoms. The van der Waals surface area contributed by atoms with Gasteiger partial charge < -0.3 is 4.90 Å². The Hall–Kier alpha value is -3.30. The number of hydrogen-bond acceptors (Lipinski definition) is 4. The van der Waals surface area contributed by atoms with Crippen molar-refractivity contribution in [2.45, 2.75) is 43.9 Å². The molecule has 6 nitrogen and oxygen atoms in total. The van der Waals surface area contributed by atoms with Gasteiger partial charge in [-0.2, -0.15) is 23.4 Å². The highest BCUT2D eigenvalue weighted by Crippen LogP contribution is 2.44. The first-order chi connectivity index (χ1) is 15.3. The molecule has 2 aromatic heterocycles. The number of aromatic nitrogens is 4. The van der Waals surface area contributed by atoms with Crippen LogP contribution in [-0.2, 0) is 12.6 Å². The highest BCUT2D eigenvalue weighted by atomic mass is 19.4. The Morgan fingerprint density at radius 2 is 1.88 bits per heavy atom. The van der Waals surface area contributed by atoms with E-state index in [1.165, 1.54) is 30.6 Å². The minimum atomic E-state index is -4.42. The SMILES string of the molecule is O=C(c1cccc(F)c1-n1nccn1)N1C2CCC1C(Cc1ccc(C(F)(F)F)cn1)C2. The third-order valence-corrected chi connectivity index (χ3v) is 6.36. The summed E-state index contributed by atoms with van der Waals surface area (Å²) in [5.74, 6) is -0.793. The first kappa shape index (κ1) is 20.6. The van der Waals surface area contributed by atoms with Gasteiger partial charge in [-0.3, -0.25) is 9.78 Å². The van der Waals surface area contributed by atoms with E-state index < -0.39 is 17.6 Å². The molecule has 1 aromatic carbocycles. The third kappa shape index (κ3) is 3.53. The first-order valence-corrected chi connectivity index (χ1v) is 10.3. The van der Waals surface area contributed by atoms with Crippen molar-refractivity contribution in [2.24, 2.45) is 5.92 Å². The number of alkyl halides is 3. The Labute approximate surface area is 180 Å². The number of benzene rings is 1. The molecule has 0 radical (unpaired) electrons. The topological polar surface area (TPSA) is 63.9 Å². The van der Waals surface area contributed by atoms with Gasteiger partial charge in [0.25, 0.3) is 5.91 Å². The zero-order valence-electron chi connectivity index (χ0n) is 16.8. The standard InChI is InChI=1S/C22H19F4N5O/c23-18-3-1-2-17(20(18)31-28-8-9-29-31)21(32)30-16-6-7-19(30)13(11-16)10-15-5-4-14(12-27-15)22(24,25)26/h1-5,8-9,12-13,16,19H,6-7,10-11H2. The molecular formula is C22H19F4N5O. The molecule has 0 N–H and O–H groups in total. The smallest absolute Gasteiger partial charge is 0.332 e. The lowest BCUT2D eigenvalue weighted by Gasteiger charge is -2.25. The van der Waals surface area contributed by atoms with Gasteiger partial charge >= 0.3 is 6.18 Å². The van der Waals surface area contributed by atoms with Crippen molar-refractivity contribution in [3.63, 3.8) is 0 Å². The number of hydrogen-bond donors (Lipinski definition) is 0. The van der Waals surface area contributed by atoms with Crippen molar-refractivity contribution in [2.75, 3.05) is 0 Å². The van der Waals surface area contributed by atoms with Crippen LogP contribution in [0.2, 0.25) is 0 Å². The van der Waals surface area contributed by atoms with Crippen LogP contribution in [0.5, 0.6) is 0 Å². The number of para-hydroxylation sites is 1. The fraction of sp³-hybridized carbons (Fsp3) is 0.364. The van der Waals surface area contributed by atoms with E-state index in [0.29, 0.717) is 12.1 Å². The molecule has 2 bridgehead atoms. The normalized spacial score (nSPS) is 22.5. The van der Waals surface area contributed by atoms with E-state index in [2.05, 4.69) is 15.2 Å². The van der Waals surface area contributed by atoms with Gasteiger partial charge in [-0.05, 0) is 55.9 Å². The van der Waals surface area contributed by atoms with E-state index >= 15 is 0 Å². The molecule has 4 heterocycles. The van der Waals surface area contributed by atoms with Crippen molar-refractivity contribution >= 4 is 5.91 Å². The summed E-state index contributed by atoms with van der Waals surface area (Å²) >= 11 is 0. The van der Waals surface area contributed by atoms with Crippen molar-refractivity contribution < 1.29 is 22.4 Å². The van der Waals surface area contributed by atoms with Crippen LogP contribution in [0.4, 0.5) is 17.6 Å². The number of carbonyl (C=O) groups is 1. The van der Waals surface area contributed by atoms with Gasteiger partial charge in [0.05, 0.1) is 23.5 Å². The van der Waals surface area contributed by atoms with Crippen LogP contribution >= 0.6 is 0 Å². The summed E-state index contributed by atoms with van der Waals surface area (Å²) in [4.78, 5) is 20.4. The molecule has 1 amide bonds. The number of carbonyl (C=O) groups excluding carboxylic acids is 1. The Morgan fingerprint density at radius 3 is 2.56 bits per heavy atom. The summed E-state index contributed by atoms with van der Waals surface area (Å²) in [6.07, 6.45) is 2.11. The highest BCUT2D eigenvalue weighted by Gasteiger charge is 2.49. The Bertz CT molecular complexity index is 1130. The van der Waals surface area contributed by atoms with E-state index in [1.54, 1.807) is 11.0 Å². The minimum Gasteiger partial charge on any atom is -0.332 e. The van der Waals surface area contributed by atoms with Crippen molar-refractivity contribution in [1.29, 1.82) is 0 Å². The lowest BCUT2D eigenvalue weighted by molar-refractivity contribution is -0.137. The van der Waals surface area contributed by atoms with Gasteiger partial charge in [0.15, 0.2) is 5.82 Å². The third-order valence-electron chi connectivity index (χ3n) is 6.36. The zero-order valence-corrected chi connectivity index (χ0v) is 16.8. The predicted octanol–water partition coefficient (Wildman–Crippen LogP) is 4.06. The van der Waals surface area contributed by atoms with E-state index in [0.717, 1.165) is 36.3 Å². The molecule has 3 unspecified atom stereocenters. The number of nitrogens with zero attached hydrogens (tertiary/aromatic N) is 5. The van der Waals surface area contributed by atoms with Gasteiger partial charge in [0.2, 0.25) is 0 Å². The molecule has 166 valence electrons. The van der Waals surface area contributed by atoms with Crippen molar-refractivity contribution in [3.8, 4) is 5.69 Å². The molecule has 0 saturated carbocycles. The highest BCUT2D eigenvalue weighted by molar-refractivity contribution is 5.98. The lowest BCUT2D eigenvalue weighted by Crippen LogP contribution is -2.37. The summed E-state index contributed by atoms with van der Waals surface area (Å²) in [6, 6.07) is 6.68. The van der Waals surface area contributed by atoms with Crippen LogP contribution in [-0.4, -0.2) is 42.9 Å². The quantitative estimate of drug-likeness (QED) is 0.569. The summed E-state index contributed by atoms with van der Waals surface area (Å²) in [6.45, 7) is 0. The predicted molar refractivity (Wildman–Crippen MR) is 105 cm³/mol. The summed E-state index contributed by atoms with van der Waals surface area (Å²) < 4.78 is 53.0. The van der Waals surface area contributed by atoms with E-state index in [-0.39, 0.29) is 35.2 Å². The largest absolute Gasteiger partial charge is 0.417 e. The first-order valence-electron chi connectivity index (χ1n) is 10.3. The second kappa shape index (κ2) is 7.68. The second-order valence-electron chi connectivity index (χ2n) is 8.20. The fourth-order valence-electron chi connectivity index (χ4n) is 4.99. The van der Waals surface area contributed by atoms with E-state index in [9.17, 15) is 22.4 Å². The number of halogens is 4. The van der Waals surface area contributed by atoms with Gasteiger partial charge in [-0.25, -0.2) is 4.39 Å². The number of fused-ring (bicyclic) bond motifs is 2. The molecule has 0 spiro atoms. The molecule has 2 fully saturated rings. The number of rotatable bonds is 4. The summed E-state index contributed by atoms with van der Waals surface area (Å²) in [5, 5.41) is 7.94. The molecule has 2 aliphatic rings. The van der Waals surface area contributed by atoms with Crippen LogP contribution in [0.1, 0.15) is 40.9 Å². The molecule has 3 atom stereocenters. The number of pyridine rings is 1. The lowest BCUT2D eigenvalue weighted by atomic mass is 9.86. The summed E-state index contributed by atoms with van der Waals surface area (Å²) in [5.41, 5.74) is -0.0202. The van der Waals surface area contributed by atoms with E-state index in [1.807, 2.05) is 0 Å². The van der Waals surface area contributed by atoms with Gasteiger partial charge in [0.1, 0.15) is 5.69 Å². The molecule has 2 aliphatic heterocycles. The monoisotopic (exact) mass is 445 g/mol. The van der Waals surface area contributed by atoms with E-state index in [4.69, 9.17) is 0 Å². The molecule has 5 rings (SSSR count). The second-order valence-corrected chi connectivity index (χ2v) is 8.20. The maximum atomic E-state index is 14.6. The average Bonchev–Trinajstić information content (AvgIpc) is 3.49. The van der Waals surface area contributed by atoms with Crippen molar-refractivity contribution in [3.05, 3.63) is 71.6 Å². The zero-order chi connectivity index (χ0) is 22.5. The van der Waals surface area contributed by atoms with Gasteiger partial charge in [-0.1, -0.05) is 6.07 Å². The Balaban J connectivity index is 1.38. The molecule has 10 heteroatoms. The molecule has 2 saturated heterocycles. The average molecular weight is 445 g/mol. The van der Waals surface area contributed by atoms with Crippen LogP contribution in [0.25, 0.3) is 5.69 Å². The molecule has 0 aliphatic carbocycles. The van der Waals surface area contributed by atoms with Crippen LogP contribution in [0, 0.1) is 11.7 Å². The Kier molecular flexibility index (Phi) is 4.94. The fourth-order valence-corrected chi connectivity index (χ4v) is 4.99.